The Balaban J connectivity index is 2.26. The second-order valence-electron chi connectivity index (χ2n) is 4.80. The van der Waals surface area contributed by atoms with Gasteiger partial charge >= 0.3 is 0 Å². The number of aromatic amines is 1. The van der Waals surface area contributed by atoms with E-state index in [9.17, 15) is 9.59 Å². The molecule has 1 atom stereocenters. The van der Waals surface area contributed by atoms with Gasteiger partial charge in [0.15, 0.2) is 0 Å². The van der Waals surface area contributed by atoms with Crippen LogP contribution in [0.2, 0.25) is 0 Å². The first-order valence-electron chi connectivity index (χ1n) is 6.32. The highest BCUT2D eigenvalue weighted by molar-refractivity contribution is 5.94. The number of hydrogen-bond donors (Lipinski definition) is 3. The van der Waals surface area contributed by atoms with Gasteiger partial charge in [0.25, 0.3) is 5.91 Å². The van der Waals surface area contributed by atoms with Crippen molar-refractivity contribution in [3.05, 3.63) is 70.1 Å². The van der Waals surface area contributed by atoms with Crippen molar-refractivity contribution in [2.75, 3.05) is 6.54 Å². The predicted octanol–water partition coefficient (Wildman–Crippen LogP) is 0.979. The molecule has 2 rings (SSSR count). The number of aromatic nitrogens is 1. The molecule has 4 N–H and O–H groups in total. The summed E-state index contributed by atoms with van der Waals surface area (Å²) in [7, 11) is 0. The Morgan fingerprint density at radius 3 is 2.60 bits per heavy atom. The van der Waals surface area contributed by atoms with Gasteiger partial charge in [0.05, 0.1) is 5.54 Å². The molecule has 20 heavy (non-hydrogen) atoms. The van der Waals surface area contributed by atoms with Crippen LogP contribution in [0.5, 0.6) is 0 Å². The average molecular weight is 271 g/mol. The van der Waals surface area contributed by atoms with E-state index < -0.39 is 5.54 Å². The summed E-state index contributed by atoms with van der Waals surface area (Å²) in [6.45, 7) is 2.11. The summed E-state index contributed by atoms with van der Waals surface area (Å²) in [5.74, 6) is -0.326. The number of carbonyl (C=O) groups is 1. The molecule has 0 spiro atoms. The Labute approximate surface area is 116 Å². The van der Waals surface area contributed by atoms with Gasteiger partial charge < -0.3 is 16.0 Å². The second-order valence-corrected chi connectivity index (χ2v) is 4.80. The molecule has 0 aliphatic carbocycles. The van der Waals surface area contributed by atoms with Crippen LogP contribution in [0.4, 0.5) is 0 Å². The molecule has 5 heteroatoms. The monoisotopic (exact) mass is 271 g/mol. The maximum absolute atomic E-state index is 12.2. The number of pyridine rings is 1. The fourth-order valence-corrected chi connectivity index (χ4v) is 1.96. The van der Waals surface area contributed by atoms with Crippen LogP contribution < -0.4 is 16.6 Å². The van der Waals surface area contributed by atoms with Gasteiger partial charge in [-0.2, -0.15) is 0 Å². The maximum atomic E-state index is 12.2. The minimum Gasteiger partial charge on any atom is -0.342 e. The summed E-state index contributed by atoms with van der Waals surface area (Å²) in [4.78, 5) is 25.9. The lowest BCUT2D eigenvalue weighted by molar-refractivity contribution is 0.0907. The molecule has 0 radical (unpaired) electrons. The summed E-state index contributed by atoms with van der Waals surface area (Å²) in [5, 5.41) is 2.89. The molecule has 2 aromatic rings. The van der Waals surface area contributed by atoms with Crippen LogP contribution >= 0.6 is 0 Å². The number of hydrogen-bond acceptors (Lipinski definition) is 3. The quantitative estimate of drug-likeness (QED) is 0.774. The molecule has 1 aromatic carbocycles. The van der Waals surface area contributed by atoms with Crippen LogP contribution in [0, 0.1) is 0 Å². The Morgan fingerprint density at radius 2 is 2.00 bits per heavy atom. The summed E-state index contributed by atoms with van der Waals surface area (Å²) in [6.07, 6.45) is 1.44. The van der Waals surface area contributed by atoms with E-state index in [4.69, 9.17) is 5.73 Å². The van der Waals surface area contributed by atoms with E-state index in [1.807, 2.05) is 37.3 Å². The molecule has 5 nitrogen and oxygen atoms in total. The van der Waals surface area contributed by atoms with E-state index in [-0.39, 0.29) is 18.0 Å². The number of nitrogens with two attached hydrogens (primary N) is 1. The summed E-state index contributed by atoms with van der Waals surface area (Å²) >= 11 is 0. The Morgan fingerprint density at radius 1 is 1.30 bits per heavy atom. The maximum Gasteiger partial charge on any atom is 0.252 e. The topological polar surface area (TPSA) is 88.0 Å². The molecule has 1 unspecified atom stereocenters. The van der Waals surface area contributed by atoms with Crippen molar-refractivity contribution in [1.82, 2.24) is 10.3 Å². The molecule has 1 heterocycles. The molecule has 0 fully saturated rings. The molecule has 0 aliphatic heterocycles. The molecule has 0 aliphatic rings. The Hall–Kier alpha value is -2.40. The highest BCUT2D eigenvalue weighted by Gasteiger charge is 2.27. The number of rotatable bonds is 4. The third kappa shape index (κ3) is 2.95. The number of nitrogens with one attached hydrogen (secondary N) is 2. The highest BCUT2D eigenvalue weighted by atomic mass is 16.2. The molecule has 1 aromatic heterocycles. The van der Waals surface area contributed by atoms with Crippen molar-refractivity contribution in [2.45, 2.75) is 12.5 Å². The number of benzene rings is 1. The summed E-state index contributed by atoms with van der Waals surface area (Å²) in [5.41, 5.74) is 6.05. The summed E-state index contributed by atoms with van der Waals surface area (Å²) < 4.78 is 0. The minimum atomic E-state index is -0.680. The van der Waals surface area contributed by atoms with E-state index >= 15 is 0 Å². The van der Waals surface area contributed by atoms with Gasteiger partial charge in [-0.15, -0.1) is 0 Å². The van der Waals surface area contributed by atoms with Gasteiger partial charge in [-0.25, -0.2) is 0 Å². The van der Waals surface area contributed by atoms with Gasteiger partial charge in [-0.1, -0.05) is 30.3 Å². The van der Waals surface area contributed by atoms with E-state index in [0.29, 0.717) is 5.56 Å². The number of H-pyrrole nitrogens is 1. The smallest absolute Gasteiger partial charge is 0.252 e. The average Bonchev–Trinajstić information content (AvgIpc) is 2.48. The number of amides is 1. The van der Waals surface area contributed by atoms with Crippen molar-refractivity contribution in [3.8, 4) is 0 Å². The molecular weight excluding hydrogens is 254 g/mol. The first-order chi connectivity index (χ1) is 9.55. The molecule has 0 bridgehead atoms. The molecule has 0 saturated heterocycles. The molecule has 1 amide bonds. The fraction of sp³-hybridized carbons (Fsp3) is 0.200. The molecule has 104 valence electrons. The third-order valence-corrected chi connectivity index (χ3v) is 3.25. The van der Waals surface area contributed by atoms with E-state index in [1.165, 1.54) is 12.3 Å². The van der Waals surface area contributed by atoms with Gasteiger partial charge in [0.1, 0.15) is 0 Å². The van der Waals surface area contributed by atoms with Gasteiger partial charge in [0, 0.05) is 24.4 Å². The summed E-state index contributed by atoms with van der Waals surface area (Å²) in [6, 6.07) is 12.3. The van der Waals surface area contributed by atoms with Crippen molar-refractivity contribution < 1.29 is 4.79 Å². The van der Waals surface area contributed by atoms with Crippen molar-refractivity contribution in [3.63, 3.8) is 0 Å². The van der Waals surface area contributed by atoms with E-state index in [1.54, 1.807) is 6.07 Å². The van der Waals surface area contributed by atoms with E-state index in [2.05, 4.69) is 10.3 Å². The van der Waals surface area contributed by atoms with Gasteiger partial charge in [-0.3, -0.25) is 9.59 Å². The zero-order valence-corrected chi connectivity index (χ0v) is 11.2. The Kier molecular flexibility index (Phi) is 4.00. The van der Waals surface area contributed by atoms with Crippen LogP contribution in [0.25, 0.3) is 0 Å². The van der Waals surface area contributed by atoms with Crippen LogP contribution in [0.3, 0.4) is 0 Å². The van der Waals surface area contributed by atoms with Crippen LogP contribution in [0.1, 0.15) is 22.8 Å². The minimum absolute atomic E-state index is 0.256. The van der Waals surface area contributed by atoms with Gasteiger partial charge in [0.2, 0.25) is 5.56 Å². The van der Waals surface area contributed by atoms with Crippen LogP contribution in [-0.2, 0) is 5.54 Å². The van der Waals surface area contributed by atoms with Crippen molar-refractivity contribution >= 4 is 5.91 Å². The third-order valence-electron chi connectivity index (χ3n) is 3.25. The lowest BCUT2D eigenvalue weighted by Gasteiger charge is -2.30. The highest BCUT2D eigenvalue weighted by Crippen LogP contribution is 2.19. The van der Waals surface area contributed by atoms with Gasteiger partial charge in [-0.05, 0) is 18.6 Å². The number of carbonyl (C=O) groups excluding carboxylic acids is 1. The normalized spacial score (nSPS) is 13.5. The molecular formula is C15H17N3O2. The Bertz CT molecular complexity index is 651. The fourth-order valence-electron chi connectivity index (χ4n) is 1.96. The first kappa shape index (κ1) is 14.0. The standard InChI is InChI=1S/C15H17N3O2/c1-15(10-16,12-5-3-2-4-6-12)18-14(20)11-7-8-17-13(19)9-11/h2-9H,10,16H2,1H3,(H,17,19)(H,18,20). The van der Waals surface area contributed by atoms with Crippen LogP contribution in [-0.4, -0.2) is 17.4 Å². The SMILES string of the molecule is CC(CN)(NC(=O)c1cc[nH]c(=O)c1)c1ccccc1. The van der Waals surface area contributed by atoms with Crippen molar-refractivity contribution in [2.24, 2.45) is 5.73 Å². The largest absolute Gasteiger partial charge is 0.342 e. The zero-order chi connectivity index (χ0) is 14.6. The molecule has 0 saturated carbocycles. The first-order valence-corrected chi connectivity index (χ1v) is 6.32. The predicted molar refractivity (Wildman–Crippen MR) is 77.4 cm³/mol. The lowest BCUT2D eigenvalue weighted by Crippen LogP contribution is -2.48. The zero-order valence-electron chi connectivity index (χ0n) is 11.2. The second kappa shape index (κ2) is 5.71. The van der Waals surface area contributed by atoms with Crippen molar-refractivity contribution in [1.29, 1.82) is 0 Å². The lowest BCUT2D eigenvalue weighted by atomic mass is 9.91. The van der Waals surface area contributed by atoms with E-state index in [0.717, 1.165) is 5.56 Å². The van der Waals surface area contributed by atoms with Crippen LogP contribution in [0.15, 0.2) is 53.5 Å².